The molecular formula is C17H20FNO. The zero-order valence-electron chi connectivity index (χ0n) is 11.5. The Balaban J connectivity index is 1.51. The van der Waals surface area contributed by atoms with E-state index in [1.54, 1.807) is 0 Å². The second-order valence-corrected chi connectivity index (χ2v) is 4.64. The number of hydrogen-bond acceptors (Lipinski definition) is 2. The Morgan fingerprint density at radius 1 is 0.900 bits per heavy atom. The molecule has 2 aromatic rings. The van der Waals surface area contributed by atoms with Gasteiger partial charge in [-0.15, -0.1) is 0 Å². The van der Waals surface area contributed by atoms with Crippen LogP contribution in [0, 0.1) is 5.82 Å². The minimum atomic E-state index is -0.181. The molecule has 2 aromatic carbocycles. The van der Waals surface area contributed by atoms with Crippen molar-refractivity contribution in [2.75, 3.05) is 19.7 Å². The molecule has 20 heavy (non-hydrogen) atoms. The lowest BCUT2D eigenvalue weighted by molar-refractivity contribution is 0.308. The molecule has 0 atom stereocenters. The maximum atomic E-state index is 12.7. The minimum Gasteiger partial charge on any atom is -0.494 e. The van der Waals surface area contributed by atoms with E-state index >= 15 is 0 Å². The summed E-state index contributed by atoms with van der Waals surface area (Å²) in [5, 5.41) is 3.36. The summed E-state index contributed by atoms with van der Waals surface area (Å²) in [7, 11) is 0. The summed E-state index contributed by atoms with van der Waals surface area (Å²) in [5.41, 5.74) is 1.15. The average molecular weight is 273 g/mol. The zero-order chi connectivity index (χ0) is 14.0. The molecule has 3 heteroatoms. The molecule has 2 rings (SSSR count). The highest BCUT2D eigenvalue weighted by atomic mass is 19.1. The fraction of sp³-hybridized carbons (Fsp3) is 0.294. The van der Waals surface area contributed by atoms with E-state index in [0.29, 0.717) is 6.61 Å². The number of benzene rings is 2. The lowest BCUT2D eigenvalue weighted by Gasteiger charge is -2.07. The van der Waals surface area contributed by atoms with Crippen LogP contribution in [0.4, 0.5) is 4.39 Å². The topological polar surface area (TPSA) is 21.3 Å². The van der Waals surface area contributed by atoms with Gasteiger partial charge in [-0.05, 0) is 55.8 Å². The molecule has 0 saturated carbocycles. The van der Waals surface area contributed by atoms with E-state index in [9.17, 15) is 4.39 Å². The Bertz CT molecular complexity index is 484. The van der Waals surface area contributed by atoms with Crippen LogP contribution < -0.4 is 10.1 Å². The molecule has 0 radical (unpaired) electrons. The second kappa shape index (κ2) is 8.33. The van der Waals surface area contributed by atoms with E-state index in [4.69, 9.17) is 4.74 Å². The Kier molecular flexibility index (Phi) is 6.06. The number of ether oxygens (including phenoxy) is 1. The first-order valence-corrected chi connectivity index (χ1v) is 6.97. The lowest BCUT2D eigenvalue weighted by Crippen LogP contribution is -2.20. The van der Waals surface area contributed by atoms with Crippen LogP contribution in [0.5, 0.6) is 5.75 Å². The monoisotopic (exact) mass is 273 g/mol. The van der Waals surface area contributed by atoms with Gasteiger partial charge < -0.3 is 10.1 Å². The molecule has 0 bridgehead atoms. The summed E-state index contributed by atoms with van der Waals surface area (Å²) < 4.78 is 18.3. The minimum absolute atomic E-state index is 0.181. The van der Waals surface area contributed by atoms with Gasteiger partial charge in [0.25, 0.3) is 0 Å². The molecule has 0 saturated heterocycles. The first kappa shape index (κ1) is 14.5. The third kappa shape index (κ3) is 5.41. The van der Waals surface area contributed by atoms with Gasteiger partial charge in [0.05, 0.1) is 6.61 Å². The van der Waals surface area contributed by atoms with Crippen LogP contribution in [0.15, 0.2) is 54.6 Å². The summed E-state index contributed by atoms with van der Waals surface area (Å²) in [5.74, 6) is 0.735. The van der Waals surface area contributed by atoms with Gasteiger partial charge in [-0.25, -0.2) is 4.39 Å². The van der Waals surface area contributed by atoms with Crippen LogP contribution in [-0.4, -0.2) is 19.7 Å². The quantitative estimate of drug-likeness (QED) is 0.744. The van der Waals surface area contributed by atoms with E-state index in [-0.39, 0.29) is 5.82 Å². The molecule has 0 aliphatic rings. The molecule has 0 unspecified atom stereocenters. The van der Waals surface area contributed by atoms with Crippen LogP contribution in [0.1, 0.15) is 12.0 Å². The number of nitrogens with one attached hydrogen (secondary N) is 1. The maximum Gasteiger partial charge on any atom is 0.123 e. The molecule has 2 nitrogen and oxygen atoms in total. The van der Waals surface area contributed by atoms with Crippen molar-refractivity contribution in [2.24, 2.45) is 0 Å². The number of rotatable bonds is 8. The van der Waals surface area contributed by atoms with Gasteiger partial charge >= 0.3 is 0 Å². The molecule has 1 N–H and O–H groups in total. The van der Waals surface area contributed by atoms with Crippen LogP contribution >= 0.6 is 0 Å². The van der Waals surface area contributed by atoms with E-state index in [1.807, 2.05) is 42.5 Å². The second-order valence-electron chi connectivity index (χ2n) is 4.64. The highest BCUT2D eigenvalue weighted by Crippen LogP contribution is 2.08. The predicted molar refractivity (Wildman–Crippen MR) is 79.5 cm³/mol. The van der Waals surface area contributed by atoms with Crippen LogP contribution in [0.3, 0.4) is 0 Å². The largest absolute Gasteiger partial charge is 0.494 e. The van der Waals surface area contributed by atoms with Gasteiger partial charge in [0, 0.05) is 0 Å². The Hall–Kier alpha value is -1.87. The maximum absolute atomic E-state index is 12.7. The van der Waals surface area contributed by atoms with Crippen LogP contribution in [-0.2, 0) is 6.42 Å². The fourth-order valence-corrected chi connectivity index (χ4v) is 1.91. The van der Waals surface area contributed by atoms with Crippen molar-refractivity contribution in [3.8, 4) is 5.75 Å². The molecule has 0 heterocycles. The number of hydrogen-bond donors (Lipinski definition) is 1. The van der Waals surface area contributed by atoms with Crippen molar-refractivity contribution in [1.82, 2.24) is 5.32 Å². The SMILES string of the molecule is Fc1ccc(CCNCCCOc2ccccc2)cc1. The molecule has 0 aliphatic carbocycles. The highest BCUT2D eigenvalue weighted by Gasteiger charge is 1.95. The van der Waals surface area contributed by atoms with Crippen LogP contribution in [0.25, 0.3) is 0 Å². The smallest absolute Gasteiger partial charge is 0.123 e. The summed E-state index contributed by atoms with van der Waals surface area (Å²) in [6, 6.07) is 16.5. The summed E-state index contributed by atoms with van der Waals surface area (Å²) in [4.78, 5) is 0. The first-order valence-electron chi connectivity index (χ1n) is 6.97. The van der Waals surface area contributed by atoms with Gasteiger partial charge in [-0.2, -0.15) is 0 Å². The van der Waals surface area contributed by atoms with Gasteiger partial charge in [0.2, 0.25) is 0 Å². The number of halogens is 1. The first-order chi connectivity index (χ1) is 9.84. The number of para-hydroxylation sites is 1. The predicted octanol–water partition coefficient (Wildman–Crippen LogP) is 3.43. The van der Waals surface area contributed by atoms with Crippen molar-refractivity contribution in [3.05, 3.63) is 66.0 Å². The van der Waals surface area contributed by atoms with E-state index < -0.39 is 0 Å². The van der Waals surface area contributed by atoms with Gasteiger partial charge in [0.15, 0.2) is 0 Å². The van der Waals surface area contributed by atoms with Crippen molar-refractivity contribution >= 4 is 0 Å². The Morgan fingerprint density at radius 3 is 2.40 bits per heavy atom. The third-order valence-corrected chi connectivity index (χ3v) is 3.01. The van der Waals surface area contributed by atoms with Crippen molar-refractivity contribution in [1.29, 1.82) is 0 Å². The Morgan fingerprint density at radius 2 is 1.65 bits per heavy atom. The zero-order valence-corrected chi connectivity index (χ0v) is 11.5. The van der Waals surface area contributed by atoms with E-state index in [2.05, 4.69) is 5.32 Å². The molecule has 106 valence electrons. The molecule has 0 amide bonds. The standard InChI is InChI=1S/C17H20FNO/c18-16-9-7-15(8-10-16)11-13-19-12-4-14-20-17-5-2-1-3-6-17/h1-3,5-10,19H,4,11-14H2. The van der Waals surface area contributed by atoms with Gasteiger partial charge in [-0.3, -0.25) is 0 Å². The van der Waals surface area contributed by atoms with Gasteiger partial charge in [0.1, 0.15) is 11.6 Å². The van der Waals surface area contributed by atoms with E-state index in [0.717, 1.165) is 37.2 Å². The van der Waals surface area contributed by atoms with Crippen molar-refractivity contribution < 1.29 is 9.13 Å². The normalized spacial score (nSPS) is 10.4. The van der Waals surface area contributed by atoms with E-state index in [1.165, 1.54) is 12.1 Å². The van der Waals surface area contributed by atoms with Crippen molar-refractivity contribution in [2.45, 2.75) is 12.8 Å². The van der Waals surface area contributed by atoms with Gasteiger partial charge in [-0.1, -0.05) is 30.3 Å². The molecule has 0 aromatic heterocycles. The average Bonchev–Trinajstić information content (AvgIpc) is 2.49. The lowest BCUT2D eigenvalue weighted by atomic mass is 10.1. The molecule has 0 aliphatic heterocycles. The summed E-state index contributed by atoms with van der Waals surface area (Å²) >= 11 is 0. The molecule has 0 fully saturated rings. The third-order valence-electron chi connectivity index (χ3n) is 3.01. The molecule has 0 spiro atoms. The highest BCUT2D eigenvalue weighted by molar-refractivity contribution is 5.20. The van der Waals surface area contributed by atoms with Crippen molar-refractivity contribution in [3.63, 3.8) is 0 Å². The fourth-order valence-electron chi connectivity index (χ4n) is 1.91. The summed E-state index contributed by atoms with van der Waals surface area (Å²) in [6.45, 7) is 2.54. The Labute approximate surface area is 119 Å². The van der Waals surface area contributed by atoms with Crippen LogP contribution in [0.2, 0.25) is 0 Å². The molecular weight excluding hydrogens is 253 g/mol. The summed E-state index contributed by atoms with van der Waals surface area (Å²) in [6.07, 6.45) is 1.89.